The number of Topliss-reactive ketones (excluding diaryl/α,β-unsaturated/α-hetero) is 1. The van der Waals surface area contributed by atoms with Gasteiger partial charge in [0.2, 0.25) is 0 Å². The molecule has 0 heterocycles. The summed E-state index contributed by atoms with van der Waals surface area (Å²) in [5.74, 6) is -1.48. The van der Waals surface area contributed by atoms with Crippen LogP contribution in [0.2, 0.25) is 0 Å². The maximum absolute atomic E-state index is 13.6. The van der Waals surface area contributed by atoms with Crippen molar-refractivity contribution in [2.45, 2.75) is 12.5 Å². The molecule has 0 amide bonds. The number of hydrogen-bond acceptors (Lipinski definition) is 4. The van der Waals surface area contributed by atoms with Gasteiger partial charge in [0, 0.05) is 6.26 Å². The van der Waals surface area contributed by atoms with Gasteiger partial charge in [-0.05, 0) is 34.5 Å². The Morgan fingerprint density at radius 3 is 2.67 bits per heavy atom. The van der Waals surface area contributed by atoms with Gasteiger partial charge in [-0.2, -0.15) is 0 Å². The van der Waals surface area contributed by atoms with E-state index in [-0.39, 0.29) is 22.2 Å². The molecule has 0 aromatic heterocycles. The summed E-state index contributed by atoms with van der Waals surface area (Å²) in [6.07, 6.45) is 1.04. The molecule has 1 aromatic rings. The van der Waals surface area contributed by atoms with E-state index >= 15 is 0 Å². The van der Waals surface area contributed by atoms with Crippen LogP contribution in [0.15, 0.2) is 22.7 Å². The minimum absolute atomic E-state index is 0.0242. The first-order valence-corrected chi connectivity index (χ1v) is 7.99. The molecule has 1 aromatic carbocycles. The van der Waals surface area contributed by atoms with Crippen molar-refractivity contribution in [2.75, 3.05) is 12.0 Å². The van der Waals surface area contributed by atoms with Crippen molar-refractivity contribution in [2.24, 2.45) is 5.73 Å². The molecule has 100 valence electrons. The van der Waals surface area contributed by atoms with E-state index in [1.807, 2.05) is 0 Å². The lowest BCUT2D eigenvalue weighted by atomic mass is 10.0. The highest BCUT2D eigenvalue weighted by Gasteiger charge is 2.21. The van der Waals surface area contributed by atoms with Crippen LogP contribution < -0.4 is 5.73 Å². The van der Waals surface area contributed by atoms with Gasteiger partial charge in [0.25, 0.3) is 0 Å². The molecule has 1 unspecified atom stereocenters. The lowest BCUT2D eigenvalue weighted by Crippen LogP contribution is -2.33. The van der Waals surface area contributed by atoms with Crippen molar-refractivity contribution in [3.8, 4) is 0 Å². The predicted molar refractivity (Wildman–Crippen MR) is 70.7 cm³/mol. The van der Waals surface area contributed by atoms with Gasteiger partial charge in [-0.1, -0.05) is 6.07 Å². The molecule has 0 aliphatic rings. The molecule has 18 heavy (non-hydrogen) atoms. The Morgan fingerprint density at radius 1 is 1.50 bits per heavy atom. The van der Waals surface area contributed by atoms with Crippen LogP contribution >= 0.6 is 15.9 Å². The Bertz CT molecular complexity index is 559. The summed E-state index contributed by atoms with van der Waals surface area (Å²) >= 11 is 2.97. The second-order valence-corrected chi connectivity index (χ2v) is 7.10. The molecule has 1 rings (SSSR count). The number of ketones is 1. The fourth-order valence-corrected chi connectivity index (χ4v) is 2.41. The Hall–Kier alpha value is -0.790. The van der Waals surface area contributed by atoms with Crippen molar-refractivity contribution < 1.29 is 17.6 Å². The second-order valence-electron chi connectivity index (χ2n) is 3.99. The van der Waals surface area contributed by atoms with Gasteiger partial charge < -0.3 is 5.73 Å². The molecular weight excluding hydrogens is 325 g/mol. The van der Waals surface area contributed by atoms with Crippen LogP contribution in [-0.4, -0.2) is 32.3 Å². The third kappa shape index (κ3) is 4.15. The number of benzene rings is 1. The lowest BCUT2D eigenvalue weighted by molar-refractivity contribution is 0.0955. The van der Waals surface area contributed by atoms with Crippen LogP contribution in [0.5, 0.6) is 0 Å². The molecule has 0 fully saturated rings. The highest BCUT2D eigenvalue weighted by atomic mass is 79.9. The number of halogens is 2. The Labute approximate surface area is 113 Å². The average molecular weight is 338 g/mol. The Kier molecular flexibility index (Phi) is 5.01. The maximum atomic E-state index is 13.6. The zero-order valence-corrected chi connectivity index (χ0v) is 12.1. The smallest absolute Gasteiger partial charge is 0.182 e. The van der Waals surface area contributed by atoms with Gasteiger partial charge in [0.1, 0.15) is 15.7 Å². The van der Waals surface area contributed by atoms with E-state index in [1.165, 1.54) is 18.2 Å². The monoisotopic (exact) mass is 337 g/mol. The van der Waals surface area contributed by atoms with Crippen molar-refractivity contribution in [1.29, 1.82) is 0 Å². The third-order valence-electron chi connectivity index (χ3n) is 2.35. The summed E-state index contributed by atoms with van der Waals surface area (Å²) in [7, 11) is -3.19. The molecule has 7 heteroatoms. The fraction of sp³-hybridized carbons (Fsp3) is 0.364. The standard InChI is InChI=1S/C11H13BrFNO3S/c1-18(16,17)6-5-9(14)11(15)7-3-2-4-8(12)10(7)13/h2-4,9H,5-6,14H2,1H3. The lowest BCUT2D eigenvalue weighted by Gasteiger charge is -2.11. The molecule has 0 aliphatic carbocycles. The van der Waals surface area contributed by atoms with Crippen molar-refractivity contribution in [1.82, 2.24) is 0 Å². The maximum Gasteiger partial charge on any atom is 0.182 e. The molecule has 0 bridgehead atoms. The SMILES string of the molecule is CS(=O)(=O)CCC(N)C(=O)c1cccc(Br)c1F. The van der Waals surface area contributed by atoms with E-state index in [1.54, 1.807) is 0 Å². The van der Waals surface area contributed by atoms with Gasteiger partial charge in [-0.25, -0.2) is 12.8 Å². The minimum atomic E-state index is -3.19. The first kappa shape index (κ1) is 15.3. The number of carbonyl (C=O) groups excluding carboxylic acids is 1. The molecule has 2 N–H and O–H groups in total. The van der Waals surface area contributed by atoms with Gasteiger partial charge in [0.15, 0.2) is 5.78 Å². The van der Waals surface area contributed by atoms with Crippen LogP contribution in [0.25, 0.3) is 0 Å². The van der Waals surface area contributed by atoms with Gasteiger partial charge in [-0.15, -0.1) is 0 Å². The van der Waals surface area contributed by atoms with Crippen LogP contribution in [0.4, 0.5) is 4.39 Å². The summed E-state index contributed by atoms with van der Waals surface area (Å²) < 4.78 is 35.8. The molecule has 0 spiro atoms. The summed E-state index contributed by atoms with van der Waals surface area (Å²) in [4.78, 5) is 11.9. The third-order valence-corrected chi connectivity index (χ3v) is 3.94. The number of rotatable bonds is 5. The Morgan fingerprint density at radius 2 is 2.11 bits per heavy atom. The first-order chi connectivity index (χ1) is 8.22. The number of hydrogen-bond donors (Lipinski definition) is 1. The summed E-state index contributed by atoms with van der Waals surface area (Å²) in [5.41, 5.74) is 5.45. The average Bonchev–Trinajstić information content (AvgIpc) is 2.28. The summed E-state index contributed by atoms with van der Waals surface area (Å²) in [6, 6.07) is 3.28. The van der Waals surface area contributed by atoms with Crippen LogP contribution in [0.3, 0.4) is 0 Å². The van der Waals surface area contributed by atoms with E-state index in [0.29, 0.717) is 0 Å². The van der Waals surface area contributed by atoms with Crippen molar-refractivity contribution in [3.05, 3.63) is 34.1 Å². The van der Waals surface area contributed by atoms with Crippen LogP contribution in [0, 0.1) is 5.82 Å². The number of nitrogens with two attached hydrogens (primary N) is 1. The Balaban J connectivity index is 2.84. The zero-order valence-electron chi connectivity index (χ0n) is 9.69. The zero-order chi connectivity index (χ0) is 13.9. The largest absolute Gasteiger partial charge is 0.321 e. The first-order valence-electron chi connectivity index (χ1n) is 5.14. The van der Waals surface area contributed by atoms with E-state index in [9.17, 15) is 17.6 Å². The molecular formula is C11H13BrFNO3S. The molecule has 0 aliphatic heterocycles. The number of sulfone groups is 1. The summed E-state index contributed by atoms with van der Waals surface area (Å²) in [5, 5.41) is 0. The van der Waals surface area contributed by atoms with Crippen molar-refractivity contribution in [3.63, 3.8) is 0 Å². The quantitative estimate of drug-likeness (QED) is 0.826. The van der Waals surface area contributed by atoms with Gasteiger partial charge >= 0.3 is 0 Å². The normalized spacial score (nSPS) is 13.3. The molecule has 4 nitrogen and oxygen atoms in total. The van der Waals surface area contributed by atoms with Crippen LogP contribution in [-0.2, 0) is 9.84 Å². The highest BCUT2D eigenvalue weighted by molar-refractivity contribution is 9.10. The number of carbonyl (C=O) groups is 1. The molecule has 1 atom stereocenters. The van der Waals surface area contributed by atoms with Crippen LogP contribution in [0.1, 0.15) is 16.8 Å². The predicted octanol–water partition coefficient (Wildman–Crippen LogP) is 1.53. The van der Waals surface area contributed by atoms with Gasteiger partial charge in [0.05, 0.1) is 21.8 Å². The fourth-order valence-electron chi connectivity index (χ4n) is 1.37. The molecule has 0 radical (unpaired) electrons. The molecule has 0 saturated carbocycles. The van der Waals surface area contributed by atoms with E-state index in [0.717, 1.165) is 6.26 Å². The highest BCUT2D eigenvalue weighted by Crippen LogP contribution is 2.20. The summed E-state index contributed by atoms with van der Waals surface area (Å²) in [6.45, 7) is 0. The van der Waals surface area contributed by atoms with Crippen molar-refractivity contribution >= 4 is 31.6 Å². The van der Waals surface area contributed by atoms with Gasteiger partial charge in [-0.3, -0.25) is 4.79 Å². The topological polar surface area (TPSA) is 77.2 Å². The second kappa shape index (κ2) is 5.90. The van der Waals surface area contributed by atoms with E-state index in [4.69, 9.17) is 5.73 Å². The van der Waals surface area contributed by atoms with E-state index < -0.39 is 27.5 Å². The van der Waals surface area contributed by atoms with E-state index in [2.05, 4.69) is 15.9 Å². The minimum Gasteiger partial charge on any atom is -0.321 e. The molecule has 0 saturated heterocycles.